The lowest BCUT2D eigenvalue weighted by atomic mass is 10.0. The smallest absolute Gasteiger partial charge is 0.340 e. The Morgan fingerprint density at radius 1 is 0.960 bits per heavy atom. The molecule has 50 heavy (non-hydrogen) atoms. The lowest BCUT2D eigenvalue weighted by Crippen LogP contribution is -2.34. The van der Waals surface area contributed by atoms with Crippen molar-refractivity contribution in [3.05, 3.63) is 64.2 Å². The summed E-state index contributed by atoms with van der Waals surface area (Å²) in [7, 11) is -8.62. The number of unbranched alkanes of at least 4 members (excludes halogenated alkanes) is 6. The molecule has 0 aliphatic carbocycles. The molecule has 0 radical (unpaired) electrons. The number of azo groups is 1. The van der Waals surface area contributed by atoms with Crippen LogP contribution in [0.2, 0.25) is 0 Å². The molecule has 1 aromatic heterocycles. The molecule has 0 saturated carbocycles. The summed E-state index contributed by atoms with van der Waals surface area (Å²) in [5.74, 6) is -0.745. The van der Waals surface area contributed by atoms with Crippen molar-refractivity contribution in [3.8, 4) is 5.75 Å². The zero-order valence-corrected chi connectivity index (χ0v) is 31.1. The van der Waals surface area contributed by atoms with Gasteiger partial charge in [-0.15, -0.1) is 10.2 Å². The van der Waals surface area contributed by atoms with E-state index in [4.69, 9.17) is 9.47 Å². The van der Waals surface area contributed by atoms with Crippen molar-refractivity contribution < 1.29 is 31.1 Å². The predicted molar refractivity (Wildman–Crippen MR) is 194 cm³/mol. The standard InChI is InChI=1S/C35H48N6O7S2/c1-6-10-12-13-14-15-18-26-21-22-31(29(24-26)48-23-11-7-2)50(45,46)39-33-30(8-3)49(43,44)40-34-32(25(5)38-41(33)34)37-36-28-20-17-16-19-27(28)35(42)47-9-4/h16-17,19-22,24,39-40H,6-15,18,23H2,1-5H3. The Morgan fingerprint density at radius 3 is 2.40 bits per heavy atom. The van der Waals surface area contributed by atoms with Crippen molar-refractivity contribution in [1.82, 2.24) is 14.5 Å². The van der Waals surface area contributed by atoms with Crippen LogP contribution in [0.1, 0.15) is 107 Å². The van der Waals surface area contributed by atoms with Gasteiger partial charge in [-0.3, -0.25) is 9.44 Å². The van der Waals surface area contributed by atoms with Crippen LogP contribution in [-0.2, 0) is 31.2 Å². The second-order valence-corrected chi connectivity index (χ2v) is 15.3. The third kappa shape index (κ3) is 9.30. The van der Waals surface area contributed by atoms with E-state index in [1.54, 1.807) is 57.2 Å². The first-order valence-electron chi connectivity index (χ1n) is 17.3. The third-order valence-electron chi connectivity index (χ3n) is 8.14. The Bertz CT molecular complexity index is 1940. The van der Waals surface area contributed by atoms with Crippen LogP contribution in [-0.4, -0.2) is 45.8 Å². The number of benzene rings is 2. The van der Waals surface area contributed by atoms with Gasteiger partial charge in [-0.2, -0.15) is 9.78 Å². The van der Waals surface area contributed by atoms with E-state index in [9.17, 15) is 21.6 Å². The number of hydrogen-bond acceptors (Lipinski definition) is 10. The normalized spacial score (nSPS) is 14.0. The highest BCUT2D eigenvalue weighted by Gasteiger charge is 2.36. The van der Waals surface area contributed by atoms with Crippen LogP contribution in [0.4, 0.5) is 17.2 Å². The fourth-order valence-electron chi connectivity index (χ4n) is 5.49. The molecule has 3 aromatic rings. The molecule has 0 atom stereocenters. The minimum Gasteiger partial charge on any atom is -0.492 e. The van der Waals surface area contributed by atoms with Crippen LogP contribution in [0.5, 0.6) is 5.75 Å². The van der Waals surface area contributed by atoms with Gasteiger partial charge in [0, 0.05) is 0 Å². The van der Waals surface area contributed by atoms with E-state index >= 15 is 0 Å². The summed E-state index contributed by atoms with van der Waals surface area (Å²) in [5.41, 5.74) is 1.64. The van der Waals surface area contributed by atoms with Crippen molar-refractivity contribution in [2.45, 2.75) is 104 Å². The average Bonchev–Trinajstić information content (AvgIpc) is 3.39. The van der Waals surface area contributed by atoms with E-state index in [1.165, 1.54) is 30.0 Å². The molecule has 2 heterocycles. The van der Waals surface area contributed by atoms with Crippen molar-refractivity contribution in [3.63, 3.8) is 0 Å². The van der Waals surface area contributed by atoms with Crippen LogP contribution in [0.15, 0.2) is 62.5 Å². The minimum absolute atomic E-state index is 0.0354. The number of ether oxygens (including phenoxy) is 2. The number of aryl methyl sites for hydroxylation is 2. The second kappa shape index (κ2) is 17.6. The van der Waals surface area contributed by atoms with Crippen LogP contribution < -0.4 is 14.2 Å². The predicted octanol–water partition coefficient (Wildman–Crippen LogP) is 8.14. The molecule has 1 aliphatic heterocycles. The number of carbonyl (C=O) groups excluding carboxylic acids is 1. The lowest BCUT2D eigenvalue weighted by Gasteiger charge is -2.24. The molecule has 0 spiro atoms. The van der Waals surface area contributed by atoms with E-state index in [1.807, 2.05) is 6.92 Å². The van der Waals surface area contributed by atoms with Gasteiger partial charge in [0.05, 0.1) is 24.5 Å². The van der Waals surface area contributed by atoms with E-state index < -0.39 is 26.0 Å². The maximum Gasteiger partial charge on any atom is 0.340 e. The van der Waals surface area contributed by atoms with E-state index in [0.29, 0.717) is 6.61 Å². The van der Waals surface area contributed by atoms with Gasteiger partial charge in [-0.25, -0.2) is 21.6 Å². The highest BCUT2D eigenvalue weighted by molar-refractivity contribution is 7.96. The molecule has 2 N–H and O–H groups in total. The van der Waals surface area contributed by atoms with Crippen LogP contribution in [0, 0.1) is 6.92 Å². The van der Waals surface area contributed by atoms with E-state index in [-0.39, 0.29) is 62.8 Å². The average molecular weight is 729 g/mol. The summed E-state index contributed by atoms with van der Waals surface area (Å²) in [6.45, 7) is 9.58. The second-order valence-electron chi connectivity index (χ2n) is 12.0. The number of hydrogen-bond donors (Lipinski definition) is 2. The van der Waals surface area contributed by atoms with Crippen molar-refractivity contribution >= 4 is 49.0 Å². The topological polar surface area (TPSA) is 170 Å². The summed E-state index contributed by atoms with van der Waals surface area (Å²) >= 11 is 0. The van der Waals surface area contributed by atoms with Gasteiger partial charge in [-0.1, -0.05) is 77.5 Å². The molecule has 0 amide bonds. The molecule has 272 valence electrons. The van der Waals surface area contributed by atoms with Gasteiger partial charge in [0.1, 0.15) is 21.2 Å². The quantitative estimate of drug-likeness (QED) is 0.0708. The molecule has 0 fully saturated rings. The third-order valence-corrected chi connectivity index (χ3v) is 11.1. The van der Waals surface area contributed by atoms with Gasteiger partial charge < -0.3 is 9.47 Å². The molecular weight excluding hydrogens is 681 g/mol. The first-order valence-corrected chi connectivity index (χ1v) is 20.3. The molecular formula is C35H48N6O7S2. The fourth-order valence-corrected chi connectivity index (χ4v) is 8.09. The fraction of sp³-hybridized carbons (Fsp3) is 0.486. The number of rotatable bonds is 19. The first kappa shape index (κ1) is 38.6. The molecule has 0 unspecified atom stereocenters. The monoisotopic (exact) mass is 728 g/mol. The molecule has 0 saturated heterocycles. The van der Waals surface area contributed by atoms with Gasteiger partial charge >= 0.3 is 5.97 Å². The first-order chi connectivity index (χ1) is 24.0. The number of sulfonamides is 2. The number of carbonyl (C=O) groups is 1. The van der Waals surface area contributed by atoms with E-state index in [0.717, 1.165) is 44.1 Å². The number of allylic oxidation sites excluding steroid dienone is 1. The molecule has 0 bridgehead atoms. The van der Waals surface area contributed by atoms with Crippen molar-refractivity contribution in [1.29, 1.82) is 0 Å². The zero-order chi connectivity index (χ0) is 36.3. The van der Waals surface area contributed by atoms with Crippen molar-refractivity contribution in [2.24, 2.45) is 10.2 Å². The zero-order valence-electron chi connectivity index (χ0n) is 29.5. The molecule has 1 aliphatic rings. The van der Waals surface area contributed by atoms with Crippen LogP contribution in [0.3, 0.4) is 0 Å². The molecule has 4 rings (SSSR count). The summed E-state index contributed by atoms with van der Waals surface area (Å²) in [6, 6.07) is 11.5. The summed E-state index contributed by atoms with van der Waals surface area (Å²) in [4.78, 5) is 12.1. The van der Waals surface area contributed by atoms with Gasteiger partial charge in [0.25, 0.3) is 20.0 Å². The number of nitrogens with one attached hydrogen (secondary N) is 2. The van der Waals surface area contributed by atoms with E-state index in [2.05, 4.69) is 31.7 Å². The number of anilines is 1. The summed E-state index contributed by atoms with van der Waals surface area (Å²) < 4.78 is 72.5. The largest absolute Gasteiger partial charge is 0.492 e. The highest BCUT2D eigenvalue weighted by atomic mass is 32.2. The Balaban J connectivity index is 1.70. The van der Waals surface area contributed by atoms with Crippen molar-refractivity contribution in [2.75, 3.05) is 17.9 Å². The molecule has 2 aromatic carbocycles. The summed E-state index contributed by atoms with van der Waals surface area (Å²) in [5, 5.41) is 12.9. The number of esters is 1. The van der Waals surface area contributed by atoms with Gasteiger partial charge in [0.2, 0.25) is 0 Å². The highest BCUT2D eigenvalue weighted by Crippen LogP contribution is 2.39. The Hall–Kier alpha value is -4.24. The Morgan fingerprint density at radius 2 is 1.68 bits per heavy atom. The molecule has 13 nitrogen and oxygen atoms in total. The Labute approximate surface area is 295 Å². The summed E-state index contributed by atoms with van der Waals surface area (Å²) in [6.07, 6.45) is 9.20. The Kier molecular flexibility index (Phi) is 13.6. The SMILES string of the molecule is CCCCCCCCc1ccc(S(=O)(=O)NC2=C(CC)S(=O)(=O)Nc3c(N=Nc4ccccc4C(=O)OCC)c(C)nn32)c(OCCCC)c1. The number of aromatic nitrogens is 2. The maximum absolute atomic E-state index is 14.1. The van der Waals surface area contributed by atoms with Gasteiger partial charge in [0.15, 0.2) is 17.3 Å². The number of nitrogens with zero attached hydrogens (tertiary/aromatic N) is 4. The molecule has 15 heteroatoms. The van der Waals surface area contributed by atoms with Crippen LogP contribution in [0.25, 0.3) is 5.82 Å². The number of fused-ring (bicyclic) bond motifs is 1. The lowest BCUT2D eigenvalue weighted by molar-refractivity contribution is 0.0527. The van der Waals surface area contributed by atoms with Gasteiger partial charge in [-0.05, 0) is 69.4 Å². The minimum atomic E-state index is -4.39. The van der Waals surface area contributed by atoms with Crippen LogP contribution >= 0.6 is 0 Å². The maximum atomic E-state index is 14.1.